The van der Waals surface area contributed by atoms with Crippen LogP contribution in [-0.2, 0) is 17.0 Å². The predicted octanol–water partition coefficient (Wildman–Crippen LogP) is 5.09. The third kappa shape index (κ3) is 4.93. The fraction of sp³-hybridized carbons (Fsp3) is 0.360. The highest BCUT2D eigenvalue weighted by Gasteiger charge is 2.21. The molecule has 0 radical (unpaired) electrons. The number of ether oxygens (including phenoxy) is 2. The molecule has 0 bridgehead atoms. The highest BCUT2D eigenvalue weighted by atomic mass is 32.2. The van der Waals surface area contributed by atoms with E-state index >= 15 is 0 Å². The van der Waals surface area contributed by atoms with Crippen molar-refractivity contribution in [1.29, 1.82) is 0 Å². The van der Waals surface area contributed by atoms with Crippen molar-refractivity contribution in [3.8, 4) is 23.0 Å². The SMILES string of the molecule is COc1ccc(-c2nc(CSCC(=O)N[C@@H]3CCCc4ccccc43)c(C)o2)cc1OC. The monoisotopic (exact) mass is 452 g/mol. The average Bonchev–Trinajstić information content (AvgIpc) is 3.19. The Balaban J connectivity index is 1.34. The number of amides is 1. The summed E-state index contributed by atoms with van der Waals surface area (Å²) in [6, 6.07) is 14.1. The van der Waals surface area contributed by atoms with Gasteiger partial charge in [0.25, 0.3) is 0 Å². The molecule has 2 aromatic carbocycles. The van der Waals surface area contributed by atoms with E-state index in [4.69, 9.17) is 13.9 Å². The van der Waals surface area contributed by atoms with E-state index in [-0.39, 0.29) is 11.9 Å². The molecular weight excluding hydrogens is 424 g/mol. The largest absolute Gasteiger partial charge is 0.493 e. The van der Waals surface area contributed by atoms with Crippen molar-refractivity contribution in [3.05, 3.63) is 65.0 Å². The fourth-order valence-electron chi connectivity index (χ4n) is 4.03. The van der Waals surface area contributed by atoms with E-state index in [1.807, 2.05) is 31.2 Å². The second kappa shape index (κ2) is 10.1. The maximum absolute atomic E-state index is 12.6. The van der Waals surface area contributed by atoms with Crippen LogP contribution in [0.15, 0.2) is 46.9 Å². The zero-order valence-corrected chi connectivity index (χ0v) is 19.5. The summed E-state index contributed by atoms with van der Waals surface area (Å²) in [4.78, 5) is 17.2. The number of nitrogens with one attached hydrogen (secondary N) is 1. The molecule has 1 N–H and O–H groups in total. The summed E-state index contributed by atoms with van der Waals surface area (Å²) >= 11 is 1.54. The van der Waals surface area contributed by atoms with Gasteiger partial charge in [-0.25, -0.2) is 4.98 Å². The minimum absolute atomic E-state index is 0.0537. The van der Waals surface area contributed by atoms with Crippen LogP contribution in [0.3, 0.4) is 0 Å². The predicted molar refractivity (Wildman–Crippen MR) is 126 cm³/mol. The van der Waals surface area contributed by atoms with Crippen molar-refractivity contribution in [2.75, 3.05) is 20.0 Å². The molecule has 0 aliphatic heterocycles. The van der Waals surface area contributed by atoms with Crippen molar-refractivity contribution >= 4 is 17.7 Å². The quantitative estimate of drug-likeness (QED) is 0.513. The first-order valence-electron chi connectivity index (χ1n) is 10.7. The molecule has 0 saturated heterocycles. The Bertz CT molecular complexity index is 1100. The number of oxazole rings is 1. The lowest BCUT2D eigenvalue weighted by atomic mass is 9.88. The number of thioether (sulfide) groups is 1. The first-order valence-corrected chi connectivity index (χ1v) is 11.9. The topological polar surface area (TPSA) is 73.6 Å². The number of hydrogen-bond donors (Lipinski definition) is 1. The smallest absolute Gasteiger partial charge is 0.230 e. The molecule has 0 fully saturated rings. The van der Waals surface area contributed by atoms with Gasteiger partial charge < -0.3 is 19.2 Å². The van der Waals surface area contributed by atoms with Crippen molar-refractivity contribution < 1.29 is 18.7 Å². The molecular formula is C25H28N2O4S. The van der Waals surface area contributed by atoms with Crippen LogP contribution < -0.4 is 14.8 Å². The number of aromatic nitrogens is 1. The minimum Gasteiger partial charge on any atom is -0.493 e. The normalized spacial score (nSPS) is 15.2. The standard InChI is InChI=1S/C25H28N2O4S/c1-16-21(27-25(31-16)18-11-12-22(29-2)23(13-18)30-3)14-32-15-24(28)26-20-10-6-8-17-7-4-5-9-19(17)20/h4-5,7,9,11-13,20H,6,8,10,14-15H2,1-3H3,(H,26,28)/t20-/m1/s1. The van der Waals surface area contributed by atoms with Gasteiger partial charge in [-0.2, -0.15) is 0 Å². The second-order valence-electron chi connectivity index (χ2n) is 7.80. The molecule has 7 heteroatoms. The lowest BCUT2D eigenvalue weighted by molar-refractivity contribution is -0.119. The van der Waals surface area contributed by atoms with Gasteiger partial charge in [0.2, 0.25) is 11.8 Å². The van der Waals surface area contributed by atoms with E-state index < -0.39 is 0 Å². The molecule has 1 heterocycles. The molecule has 6 nitrogen and oxygen atoms in total. The molecule has 1 aliphatic carbocycles. The summed E-state index contributed by atoms with van der Waals surface area (Å²) in [5.74, 6) is 3.61. The second-order valence-corrected chi connectivity index (χ2v) is 8.78. The van der Waals surface area contributed by atoms with Crippen LogP contribution in [0.5, 0.6) is 11.5 Å². The Kier molecular flexibility index (Phi) is 7.05. The Morgan fingerprint density at radius 2 is 2.00 bits per heavy atom. The molecule has 0 unspecified atom stereocenters. The Morgan fingerprint density at radius 1 is 1.19 bits per heavy atom. The number of aryl methyl sites for hydroxylation is 2. The molecule has 4 rings (SSSR count). The number of carbonyl (C=O) groups excluding carboxylic acids is 1. The van der Waals surface area contributed by atoms with Crippen LogP contribution >= 0.6 is 11.8 Å². The summed E-state index contributed by atoms with van der Waals surface area (Å²) in [5.41, 5.74) is 4.26. The van der Waals surface area contributed by atoms with Gasteiger partial charge in [-0.15, -0.1) is 11.8 Å². The summed E-state index contributed by atoms with van der Waals surface area (Å²) in [7, 11) is 3.20. The zero-order chi connectivity index (χ0) is 22.5. The molecule has 1 atom stereocenters. The van der Waals surface area contributed by atoms with Gasteiger partial charge in [-0.3, -0.25) is 4.79 Å². The van der Waals surface area contributed by atoms with E-state index in [2.05, 4.69) is 28.5 Å². The third-order valence-corrected chi connectivity index (χ3v) is 6.64. The summed E-state index contributed by atoms with van der Waals surface area (Å²) in [6.07, 6.45) is 3.18. The van der Waals surface area contributed by atoms with Crippen molar-refractivity contribution in [2.24, 2.45) is 0 Å². The molecule has 32 heavy (non-hydrogen) atoms. The molecule has 168 valence electrons. The van der Waals surface area contributed by atoms with Gasteiger partial charge in [-0.05, 0) is 55.5 Å². The lowest BCUT2D eigenvalue weighted by Gasteiger charge is -2.26. The zero-order valence-electron chi connectivity index (χ0n) is 18.6. The first kappa shape index (κ1) is 22.3. The van der Waals surface area contributed by atoms with Crippen molar-refractivity contribution in [2.45, 2.75) is 38.0 Å². The number of nitrogens with zero attached hydrogens (tertiary/aromatic N) is 1. The summed E-state index contributed by atoms with van der Waals surface area (Å²) < 4.78 is 16.5. The van der Waals surface area contributed by atoms with Crippen molar-refractivity contribution in [3.63, 3.8) is 0 Å². The maximum atomic E-state index is 12.6. The minimum atomic E-state index is 0.0537. The average molecular weight is 453 g/mol. The lowest BCUT2D eigenvalue weighted by Crippen LogP contribution is -2.32. The van der Waals surface area contributed by atoms with E-state index in [0.29, 0.717) is 28.9 Å². The number of hydrogen-bond acceptors (Lipinski definition) is 6. The molecule has 0 spiro atoms. The Morgan fingerprint density at radius 3 is 2.81 bits per heavy atom. The van der Waals surface area contributed by atoms with Gasteiger partial charge in [0.1, 0.15) is 5.76 Å². The van der Waals surface area contributed by atoms with Crippen LogP contribution in [0.4, 0.5) is 0 Å². The molecule has 1 amide bonds. The van der Waals surface area contributed by atoms with Gasteiger partial charge in [0.05, 0.1) is 31.7 Å². The van der Waals surface area contributed by atoms with E-state index in [0.717, 1.165) is 36.3 Å². The molecule has 0 saturated carbocycles. The van der Waals surface area contributed by atoms with Gasteiger partial charge in [0, 0.05) is 11.3 Å². The molecule has 1 aromatic heterocycles. The van der Waals surface area contributed by atoms with E-state index in [1.54, 1.807) is 26.0 Å². The number of carbonyl (C=O) groups is 1. The number of benzene rings is 2. The van der Waals surface area contributed by atoms with Crippen molar-refractivity contribution in [1.82, 2.24) is 10.3 Å². The Labute approximate surface area is 192 Å². The van der Waals surface area contributed by atoms with Gasteiger partial charge in [0.15, 0.2) is 11.5 Å². The number of fused-ring (bicyclic) bond motifs is 1. The molecule has 1 aliphatic rings. The molecule has 3 aromatic rings. The van der Waals surface area contributed by atoms with Crippen LogP contribution in [0.1, 0.15) is 41.5 Å². The van der Waals surface area contributed by atoms with E-state index in [1.165, 1.54) is 11.1 Å². The maximum Gasteiger partial charge on any atom is 0.230 e. The number of methoxy groups -OCH3 is 2. The Hall–Kier alpha value is -2.93. The van der Waals surface area contributed by atoms with Crippen LogP contribution in [0, 0.1) is 6.92 Å². The highest BCUT2D eigenvalue weighted by molar-refractivity contribution is 7.99. The van der Waals surface area contributed by atoms with Crippen LogP contribution in [0.25, 0.3) is 11.5 Å². The fourth-order valence-corrected chi connectivity index (χ4v) is 4.87. The van der Waals surface area contributed by atoms with Gasteiger partial charge >= 0.3 is 0 Å². The first-order chi connectivity index (χ1) is 15.6. The van der Waals surface area contributed by atoms with Crippen LogP contribution in [0.2, 0.25) is 0 Å². The van der Waals surface area contributed by atoms with Gasteiger partial charge in [-0.1, -0.05) is 24.3 Å². The van der Waals surface area contributed by atoms with E-state index in [9.17, 15) is 4.79 Å². The number of rotatable bonds is 8. The third-order valence-electron chi connectivity index (χ3n) is 5.70. The van der Waals surface area contributed by atoms with Crippen LogP contribution in [-0.4, -0.2) is 30.9 Å². The summed E-state index contributed by atoms with van der Waals surface area (Å²) in [6.45, 7) is 1.90. The summed E-state index contributed by atoms with van der Waals surface area (Å²) in [5, 5.41) is 3.20. The highest BCUT2D eigenvalue weighted by Crippen LogP contribution is 2.33.